The number of nitrogens with zero attached hydrogens (tertiary/aromatic N) is 2. The number of rotatable bonds is 2. The lowest BCUT2D eigenvalue weighted by molar-refractivity contribution is -0.662. The molecule has 0 aliphatic rings. The van der Waals surface area contributed by atoms with Crippen molar-refractivity contribution in [1.29, 1.82) is 0 Å². The smallest absolute Gasteiger partial charge is 0.350 e. The minimum Gasteiger partial charge on any atom is -0.359 e. The standard InChI is InChI=1S/C12H11ClFN3O/c1-16-9(7-3-5-8(13)6-4-7)10(14)17(2)12(16)11(15)18/h3-6H,1-2H3,(H-,15,18)/p+1. The Labute approximate surface area is 108 Å². The summed E-state index contributed by atoms with van der Waals surface area (Å²) in [6.07, 6.45) is 0. The first-order valence-corrected chi connectivity index (χ1v) is 5.61. The van der Waals surface area contributed by atoms with Crippen LogP contribution in [-0.2, 0) is 14.1 Å². The van der Waals surface area contributed by atoms with Gasteiger partial charge in [0.15, 0.2) is 0 Å². The number of carbonyl (C=O) groups is 1. The van der Waals surface area contributed by atoms with Crippen LogP contribution < -0.4 is 10.3 Å². The van der Waals surface area contributed by atoms with E-state index < -0.39 is 11.9 Å². The highest BCUT2D eigenvalue weighted by Gasteiger charge is 2.31. The summed E-state index contributed by atoms with van der Waals surface area (Å²) in [5.74, 6) is -1.11. The van der Waals surface area contributed by atoms with Crippen LogP contribution in [0.2, 0.25) is 5.02 Å². The molecule has 0 fully saturated rings. The van der Waals surface area contributed by atoms with Crippen LogP contribution in [0.4, 0.5) is 4.39 Å². The van der Waals surface area contributed by atoms with Gasteiger partial charge in [0.05, 0.1) is 14.1 Å². The van der Waals surface area contributed by atoms with Crippen LogP contribution >= 0.6 is 11.6 Å². The zero-order valence-electron chi connectivity index (χ0n) is 9.95. The van der Waals surface area contributed by atoms with Crippen LogP contribution in [0, 0.1) is 5.95 Å². The molecule has 0 bridgehead atoms. The van der Waals surface area contributed by atoms with Crippen molar-refractivity contribution in [2.75, 3.05) is 0 Å². The second-order valence-corrected chi connectivity index (χ2v) is 4.39. The molecule has 1 heterocycles. The number of carbonyl (C=O) groups excluding carboxylic acids is 1. The van der Waals surface area contributed by atoms with Gasteiger partial charge in [0.1, 0.15) is 0 Å². The molecule has 0 aliphatic heterocycles. The summed E-state index contributed by atoms with van der Waals surface area (Å²) in [5.41, 5.74) is 6.15. The highest BCUT2D eigenvalue weighted by Crippen LogP contribution is 2.22. The number of aromatic nitrogens is 2. The van der Waals surface area contributed by atoms with E-state index in [2.05, 4.69) is 0 Å². The molecular weight excluding hydrogens is 257 g/mol. The number of amides is 1. The van der Waals surface area contributed by atoms with E-state index in [-0.39, 0.29) is 5.82 Å². The van der Waals surface area contributed by atoms with E-state index in [9.17, 15) is 9.18 Å². The minimum atomic E-state index is -0.681. The van der Waals surface area contributed by atoms with Crippen molar-refractivity contribution in [2.24, 2.45) is 19.8 Å². The Kier molecular flexibility index (Phi) is 3.09. The predicted octanol–water partition coefficient (Wildman–Crippen LogP) is 1.41. The third kappa shape index (κ3) is 1.86. The third-order valence-electron chi connectivity index (χ3n) is 2.80. The maximum atomic E-state index is 14.1. The van der Waals surface area contributed by atoms with Gasteiger partial charge in [-0.1, -0.05) is 11.6 Å². The quantitative estimate of drug-likeness (QED) is 0.823. The molecule has 1 aromatic carbocycles. The average Bonchev–Trinajstić information content (AvgIpc) is 2.52. The molecule has 6 heteroatoms. The summed E-state index contributed by atoms with van der Waals surface area (Å²) in [6.45, 7) is 0. The lowest BCUT2D eigenvalue weighted by Crippen LogP contribution is -2.39. The van der Waals surface area contributed by atoms with Gasteiger partial charge in [0, 0.05) is 10.6 Å². The second kappa shape index (κ2) is 4.42. The monoisotopic (exact) mass is 268 g/mol. The largest absolute Gasteiger partial charge is 0.359 e. The predicted molar refractivity (Wildman–Crippen MR) is 65.5 cm³/mol. The Morgan fingerprint density at radius 2 is 1.94 bits per heavy atom. The highest BCUT2D eigenvalue weighted by molar-refractivity contribution is 6.30. The fraction of sp³-hybridized carbons (Fsp3) is 0.167. The van der Waals surface area contributed by atoms with Gasteiger partial charge in [0.25, 0.3) is 0 Å². The van der Waals surface area contributed by atoms with Gasteiger partial charge in [-0.15, -0.1) is 0 Å². The van der Waals surface area contributed by atoms with E-state index in [1.165, 1.54) is 11.6 Å². The lowest BCUT2D eigenvalue weighted by Gasteiger charge is -1.98. The minimum absolute atomic E-state index is 0.0949. The Bertz CT molecular complexity index is 619. The molecule has 1 amide bonds. The summed E-state index contributed by atoms with van der Waals surface area (Å²) in [6, 6.07) is 6.69. The van der Waals surface area contributed by atoms with Crippen LogP contribution in [0.3, 0.4) is 0 Å². The van der Waals surface area contributed by atoms with E-state index >= 15 is 0 Å². The molecule has 0 saturated carbocycles. The molecule has 0 unspecified atom stereocenters. The van der Waals surface area contributed by atoms with E-state index in [0.29, 0.717) is 16.3 Å². The van der Waals surface area contributed by atoms with Crippen molar-refractivity contribution >= 4 is 17.5 Å². The number of nitrogens with two attached hydrogens (primary N) is 1. The number of benzene rings is 1. The molecule has 2 N–H and O–H groups in total. The molecule has 4 nitrogen and oxygen atoms in total. The van der Waals surface area contributed by atoms with Crippen molar-refractivity contribution in [1.82, 2.24) is 4.57 Å². The highest BCUT2D eigenvalue weighted by atomic mass is 35.5. The molecule has 2 rings (SSSR count). The molecule has 18 heavy (non-hydrogen) atoms. The number of halogens is 2. The maximum Gasteiger partial charge on any atom is 0.350 e. The molecule has 0 spiro atoms. The first-order chi connectivity index (χ1) is 8.43. The molecule has 0 radical (unpaired) electrons. The molecule has 0 aliphatic carbocycles. The van der Waals surface area contributed by atoms with Gasteiger partial charge >= 0.3 is 17.7 Å². The lowest BCUT2D eigenvalue weighted by atomic mass is 10.1. The normalized spacial score (nSPS) is 10.7. The van der Waals surface area contributed by atoms with Crippen LogP contribution in [0.5, 0.6) is 0 Å². The van der Waals surface area contributed by atoms with Crippen molar-refractivity contribution in [3.8, 4) is 11.3 Å². The number of hydrogen-bond donors (Lipinski definition) is 1. The van der Waals surface area contributed by atoms with E-state index in [1.54, 1.807) is 31.3 Å². The molecule has 0 atom stereocenters. The van der Waals surface area contributed by atoms with Crippen molar-refractivity contribution < 1.29 is 13.8 Å². The van der Waals surface area contributed by atoms with Crippen molar-refractivity contribution in [3.05, 3.63) is 41.1 Å². The zero-order valence-corrected chi connectivity index (χ0v) is 10.7. The van der Waals surface area contributed by atoms with Crippen LogP contribution in [-0.4, -0.2) is 10.5 Å². The van der Waals surface area contributed by atoms with Gasteiger partial charge in [-0.3, -0.25) is 4.79 Å². The molecular formula is C12H12ClFN3O+. The van der Waals surface area contributed by atoms with Gasteiger partial charge in [0.2, 0.25) is 5.69 Å². The van der Waals surface area contributed by atoms with E-state index in [4.69, 9.17) is 17.3 Å². The van der Waals surface area contributed by atoms with Crippen molar-refractivity contribution in [3.63, 3.8) is 0 Å². The Morgan fingerprint density at radius 3 is 2.39 bits per heavy atom. The fourth-order valence-corrected chi connectivity index (χ4v) is 2.10. The van der Waals surface area contributed by atoms with Gasteiger partial charge in [-0.25, -0.2) is 4.57 Å². The zero-order chi connectivity index (χ0) is 13.4. The molecule has 0 saturated heterocycles. The van der Waals surface area contributed by atoms with E-state index in [1.807, 2.05) is 0 Å². The summed E-state index contributed by atoms with van der Waals surface area (Å²) in [7, 11) is 3.04. The average molecular weight is 269 g/mol. The first-order valence-electron chi connectivity index (χ1n) is 5.23. The summed E-state index contributed by atoms with van der Waals surface area (Å²) in [5, 5.41) is 0.563. The second-order valence-electron chi connectivity index (χ2n) is 3.95. The Morgan fingerprint density at radius 1 is 1.39 bits per heavy atom. The van der Waals surface area contributed by atoms with Gasteiger partial charge in [-0.05, 0) is 24.3 Å². The summed E-state index contributed by atoms with van der Waals surface area (Å²) in [4.78, 5) is 11.3. The molecule has 1 aromatic heterocycles. The van der Waals surface area contributed by atoms with E-state index in [0.717, 1.165) is 4.57 Å². The van der Waals surface area contributed by atoms with Gasteiger partial charge < -0.3 is 5.73 Å². The number of primary amides is 1. The van der Waals surface area contributed by atoms with Gasteiger partial charge in [-0.2, -0.15) is 8.96 Å². The maximum absolute atomic E-state index is 14.1. The van der Waals surface area contributed by atoms with Crippen molar-refractivity contribution in [2.45, 2.75) is 0 Å². The third-order valence-corrected chi connectivity index (χ3v) is 3.05. The SMILES string of the molecule is Cn1c(F)c(-c2ccc(Cl)cc2)[n+](C)c1C(N)=O. The molecule has 2 aromatic rings. The first kappa shape index (κ1) is 12.6. The Hall–Kier alpha value is -1.88. The van der Waals surface area contributed by atoms with Crippen LogP contribution in [0.15, 0.2) is 24.3 Å². The Balaban J connectivity index is 2.69. The summed E-state index contributed by atoms with van der Waals surface area (Å²) >= 11 is 5.79. The topological polar surface area (TPSA) is 51.9 Å². The van der Waals surface area contributed by atoms with Crippen LogP contribution in [0.1, 0.15) is 10.6 Å². The summed E-state index contributed by atoms with van der Waals surface area (Å²) < 4.78 is 16.7. The fourth-order valence-electron chi connectivity index (χ4n) is 1.97. The molecule has 94 valence electrons. The number of hydrogen-bond acceptors (Lipinski definition) is 1. The van der Waals surface area contributed by atoms with Crippen LogP contribution in [0.25, 0.3) is 11.3 Å². The number of imidazole rings is 1.